The van der Waals surface area contributed by atoms with E-state index in [2.05, 4.69) is 0 Å². The summed E-state index contributed by atoms with van der Waals surface area (Å²) in [5.74, 6) is -0.0240. The number of anilines is 2. The summed E-state index contributed by atoms with van der Waals surface area (Å²) in [4.78, 5) is 14.8. The van der Waals surface area contributed by atoms with Gasteiger partial charge in [-0.3, -0.25) is 9.69 Å². The smallest absolute Gasteiger partial charge is 0.263 e. The summed E-state index contributed by atoms with van der Waals surface area (Å²) in [6.07, 6.45) is 1.80. The molecule has 3 aromatic carbocycles. The summed E-state index contributed by atoms with van der Waals surface area (Å²) in [6, 6.07) is 19.3. The molecule has 0 saturated heterocycles. The van der Waals surface area contributed by atoms with Gasteiger partial charge in [0.15, 0.2) is 0 Å². The number of benzene rings is 3. The van der Waals surface area contributed by atoms with Crippen molar-refractivity contribution in [2.45, 2.75) is 0 Å². The molecule has 1 N–H and O–H groups in total. The second-order valence-electron chi connectivity index (χ2n) is 5.88. The molecule has 3 nitrogen and oxygen atoms in total. The molecule has 0 saturated carbocycles. The third-order valence-corrected chi connectivity index (χ3v) is 4.84. The maximum Gasteiger partial charge on any atom is 0.263 e. The maximum absolute atomic E-state index is 13.2. The Balaban J connectivity index is 1.90. The van der Waals surface area contributed by atoms with Crippen molar-refractivity contribution < 1.29 is 9.90 Å². The summed E-state index contributed by atoms with van der Waals surface area (Å²) in [6.45, 7) is 0. The van der Waals surface area contributed by atoms with Crippen molar-refractivity contribution in [3.63, 3.8) is 0 Å². The Bertz CT molecular complexity index is 1020. The summed E-state index contributed by atoms with van der Waals surface area (Å²) in [5, 5.41) is 10.3. The Morgan fingerprint density at radius 1 is 0.846 bits per heavy atom. The zero-order valence-corrected chi connectivity index (χ0v) is 15.0. The predicted molar refractivity (Wildman–Crippen MR) is 106 cm³/mol. The second-order valence-corrected chi connectivity index (χ2v) is 6.69. The van der Waals surface area contributed by atoms with Crippen molar-refractivity contribution in [1.29, 1.82) is 0 Å². The van der Waals surface area contributed by atoms with Gasteiger partial charge in [-0.25, -0.2) is 0 Å². The fourth-order valence-corrected chi connectivity index (χ4v) is 3.61. The number of halogens is 2. The molecular weight excluding hydrogens is 369 g/mol. The van der Waals surface area contributed by atoms with E-state index in [1.807, 2.05) is 24.3 Å². The van der Waals surface area contributed by atoms with Gasteiger partial charge in [0.2, 0.25) is 0 Å². The highest BCUT2D eigenvalue weighted by Gasteiger charge is 2.35. The summed E-state index contributed by atoms with van der Waals surface area (Å²) >= 11 is 12.7. The zero-order chi connectivity index (χ0) is 18.3. The molecule has 5 heteroatoms. The topological polar surface area (TPSA) is 40.5 Å². The number of carbonyl (C=O) groups is 1. The fraction of sp³-hybridized carbons (Fsp3) is 0. The Labute approximate surface area is 160 Å². The predicted octanol–water partition coefficient (Wildman–Crippen LogP) is 5.92. The van der Waals surface area contributed by atoms with Gasteiger partial charge < -0.3 is 5.11 Å². The van der Waals surface area contributed by atoms with E-state index in [4.69, 9.17) is 23.2 Å². The van der Waals surface area contributed by atoms with E-state index in [-0.39, 0.29) is 11.7 Å². The van der Waals surface area contributed by atoms with Crippen LogP contribution in [0.5, 0.6) is 5.75 Å². The first-order chi connectivity index (χ1) is 12.6. The Kier molecular flexibility index (Phi) is 4.19. The summed E-state index contributed by atoms with van der Waals surface area (Å²) < 4.78 is 0. The van der Waals surface area contributed by atoms with E-state index in [0.29, 0.717) is 21.3 Å². The highest BCUT2D eigenvalue weighted by molar-refractivity contribution is 6.44. The lowest BCUT2D eigenvalue weighted by Crippen LogP contribution is -2.21. The van der Waals surface area contributed by atoms with Crippen LogP contribution in [0.25, 0.3) is 11.6 Å². The minimum atomic E-state index is -0.200. The van der Waals surface area contributed by atoms with Gasteiger partial charge in [-0.15, -0.1) is 0 Å². The van der Waals surface area contributed by atoms with Gasteiger partial charge in [0.05, 0.1) is 27.0 Å². The van der Waals surface area contributed by atoms with E-state index >= 15 is 0 Å². The Morgan fingerprint density at radius 3 is 2.19 bits per heavy atom. The summed E-state index contributed by atoms with van der Waals surface area (Å²) in [5.41, 5.74) is 3.37. The van der Waals surface area contributed by atoms with Gasteiger partial charge >= 0.3 is 0 Å². The molecule has 0 atom stereocenters. The molecule has 26 heavy (non-hydrogen) atoms. The van der Waals surface area contributed by atoms with Crippen LogP contribution in [0.2, 0.25) is 10.0 Å². The van der Waals surface area contributed by atoms with Crippen molar-refractivity contribution in [2.75, 3.05) is 4.90 Å². The molecule has 3 aromatic rings. The number of rotatable bonds is 2. The van der Waals surface area contributed by atoms with Crippen molar-refractivity contribution in [1.82, 2.24) is 0 Å². The van der Waals surface area contributed by atoms with Crippen molar-refractivity contribution in [3.05, 3.63) is 87.9 Å². The highest BCUT2D eigenvalue weighted by Crippen LogP contribution is 2.46. The van der Waals surface area contributed by atoms with Gasteiger partial charge in [0.1, 0.15) is 5.75 Å². The van der Waals surface area contributed by atoms with Crippen LogP contribution < -0.4 is 4.90 Å². The van der Waals surface area contributed by atoms with Crippen LogP contribution in [0.1, 0.15) is 11.1 Å². The lowest BCUT2D eigenvalue weighted by molar-refractivity contribution is -0.112. The normalized spacial score (nSPS) is 14.8. The van der Waals surface area contributed by atoms with E-state index in [0.717, 1.165) is 16.8 Å². The van der Waals surface area contributed by atoms with Crippen LogP contribution >= 0.6 is 23.2 Å². The van der Waals surface area contributed by atoms with E-state index in [1.54, 1.807) is 53.4 Å². The summed E-state index contributed by atoms with van der Waals surface area (Å²) in [7, 11) is 0. The fourth-order valence-electron chi connectivity index (χ4n) is 3.04. The lowest BCUT2D eigenvalue weighted by atomic mass is 10.0. The largest absolute Gasteiger partial charge is 0.508 e. The van der Waals surface area contributed by atoms with Crippen LogP contribution in [0.15, 0.2) is 66.7 Å². The number of aromatic hydroxyl groups is 1. The number of para-hydroxylation sites is 2. The number of fused-ring (bicyclic) bond motifs is 1. The van der Waals surface area contributed by atoms with Crippen LogP contribution in [0, 0.1) is 0 Å². The molecule has 0 unspecified atom stereocenters. The van der Waals surface area contributed by atoms with Crippen molar-refractivity contribution in [2.24, 2.45) is 0 Å². The molecule has 1 amide bonds. The molecule has 1 aliphatic heterocycles. The van der Waals surface area contributed by atoms with Crippen molar-refractivity contribution in [3.8, 4) is 5.75 Å². The molecule has 1 heterocycles. The zero-order valence-electron chi connectivity index (χ0n) is 13.5. The monoisotopic (exact) mass is 381 g/mol. The molecule has 128 valence electrons. The van der Waals surface area contributed by atoms with Gasteiger partial charge in [-0.05, 0) is 42.0 Å². The van der Waals surface area contributed by atoms with Crippen molar-refractivity contribution >= 4 is 52.1 Å². The number of hydrogen-bond acceptors (Lipinski definition) is 2. The van der Waals surface area contributed by atoms with Gasteiger partial charge in [-0.2, -0.15) is 0 Å². The first-order valence-corrected chi connectivity index (χ1v) is 8.70. The quantitative estimate of drug-likeness (QED) is 0.559. The first-order valence-electron chi connectivity index (χ1n) is 7.95. The number of nitrogens with zero attached hydrogens (tertiary/aromatic N) is 1. The SMILES string of the molecule is O=C1/C(=C\c2ccc(O)cc2)c2ccccc2N1c1c(Cl)cccc1Cl. The number of phenols is 1. The third kappa shape index (κ3) is 2.75. The lowest BCUT2D eigenvalue weighted by Gasteiger charge is -2.20. The van der Waals surface area contributed by atoms with E-state index in [1.165, 1.54) is 0 Å². The molecule has 1 aliphatic rings. The van der Waals surface area contributed by atoms with Crippen LogP contribution in [0.4, 0.5) is 11.4 Å². The standard InChI is InChI=1S/C21H13Cl2NO2/c22-17-5-3-6-18(23)20(17)24-19-7-2-1-4-15(19)16(21(24)26)12-13-8-10-14(25)11-9-13/h1-12,25H/b16-12-. The van der Waals surface area contributed by atoms with Gasteiger partial charge in [-0.1, -0.05) is 59.6 Å². The molecular formula is C21H13Cl2NO2. The molecule has 0 bridgehead atoms. The number of phenolic OH excluding ortho intramolecular Hbond substituents is 1. The molecule has 0 aliphatic carbocycles. The molecule has 0 fully saturated rings. The average Bonchev–Trinajstić information content (AvgIpc) is 2.90. The molecule has 0 spiro atoms. The van der Waals surface area contributed by atoms with E-state index in [9.17, 15) is 9.90 Å². The minimum Gasteiger partial charge on any atom is -0.508 e. The van der Waals surface area contributed by atoms with Crippen LogP contribution in [-0.4, -0.2) is 11.0 Å². The Morgan fingerprint density at radius 2 is 1.50 bits per heavy atom. The van der Waals surface area contributed by atoms with Gasteiger partial charge in [0.25, 0.3) is 5.91 Å². The van der Waals surface area contributed by atoms with E-state index < -0.39 is 0 Å². The van der Waals surface area contributed by atoms with Gasteiger partial charge in [0, 0.05) is 5.56 Å². The van der Waals surface area contributed by atoms with Crippen LogP contribution in [0.3, 0.4) is 0 Å². The number of amides is 1. The first kappa shape index (κ1) is 16.7. The van der Waals surface area contributed by atoms with Crippen LogP contribution in [-0.2, 0) is 4.79 Å². The second kappa shape index (κ2) is 6.52. The number of carbonyl (C=O) groups excluding carboxylic acids is 1. The average molecular weight is 382 g/mol. The number of hydrogen-bond donors (Lipinski definition) is 1. The minimum absolute atomic E-state index is 0.176. The third-order valence-electron chi connectivity index (χ3n) is 4.23. The molecule has 4 rings (SSSR count). The molecule has 0 aromatic heterocycles. The Hall–Kier alpha value is -2.75. The maximum atomic E-state index is 13.2. The molecule has 0 radical (unpaired) electrons. The highest BCUT2D eigenvalue weighted by atomic mass is 35.5.